The van der Waals surface area contributed by atoms with Crippen molar-refractivity contribution in [2.75, 3.05) is 0 Å². The Bertz CT molecular complexity index is 1830. The van der Waals surface area contributed by atoms with Gasteiger partial charge in [-0.3, -0.25) is 4.79 Å². The van der Waals surface area contributed by atoms with Crippen molar-refractivity contribution in [2.24, 2.45) is 0 Å². The molecule has 0 heterocycles. The molecule has 0 spiro atoms. The molecule has 0 aromatic heterocycles. The monoisotopic (exact) mass is 1080 g/mol. The minimum atomic E-state index is -6.77. The summed E-state index contributed by atoms with van der Waals surface area (Å²) in [5.74, 6) is -18.4. The molecule has 3 aromatic rings. The topological polar surface area (TPSA) is 146 Å². The van der Waals surface area contributed by atoms with Crippen LogP contribution in [0, 0.1) is 0 Å². The first kappa shape index (κ1) is 65.7. The Labute approximate surface area is 426 Å². The first-order valence-electron chi connectivity index (χ1n) is 18.4. The average Bonchev–Trinajstić information content (AvgIpc) is 3.14. The van der Waals surface area contributed by atoms with Crippen LogP contribution in [0.3, 0.4) is 0 Å². The Hall–Kier alpha value is -2.59. The number of hydrogen-bond acceptors (Lipinski definition) is 10. The molecule has 3 aromatic carbocycles. The molecule has 10 nitrogen and oxygen atoms in total. The fourth-order valence-electron chi connectivity index (χ4n) is 4.23. The van der Waals surface area contributed by atoms with Gasteiger partial charge in [0.15, 0.2) is 8.32 Å². The van der Waals surface area contributed by atoms with Crippen LogP contribution in [0.15, 0.2) is 91.0 Å². The molecule has 0 aliphatic heterocycles. The summed E-state index contributed by atoms with van der Waals surface area (Å²) in [6.07, 6.45) is -6.74. The van der Waals surface area contributed by atoms with Gasteiger partial charge in [0, 0.05) is 13.8 Å². The maximum Gasteiger partial charge on any atom is 1.00 e. The van der Waals surface area contributed by atoms with Crippen LogP contribution in [0.4, 0.5) is 39.5 Å². The number of rotatable bonds is 14. The Kier molecular flexibility index (Phi) is 28.0. The maximum absolute atomic E-state index is 13.1. The predicted molar refractivity (Wildman–Crippen MR) is 215 cm³/mol. The molecule has 356 valence electrons. The number of carbonyl (C=O) groups is 4. The number of aliphatic hydroxyl groups is 2. The van der Waals surface area contributed by atoms with Crippen LogP contribution in [-0.2, 0) is 57.6 Å². The summed E-state index contributed by atoms with van der Waals surface area (Å²) in [5.41, 5.74) is -3.62. The van der Waals surface area contributed by atoms with E-state index >= 15 is 0 Å². The first-order chi connectivity index (χ1) is 27.9. The number of alkyl halides is 9. The second-order valence-electron chi connectivity index (χ2n) is 16.0. The van der Waals surface area contributed by atoms with Crippen LogP contribution in [0.5, 0.6) is 0 Å². The minimum absolute atomic E-state index is 0. The van der Waals surface area contributed by atoms with Gasteiger partial charge in [0.25, 0.3) is 11.3 Å². The van der Waals surface area contributed by atoms with Gasteiger partial charge in [-0.05, 0) is 50.2 Å². The molecular weight excluding hydrogens is 1030 g/mol. The van der Waals surface area contributed by atoms with Gasteiger partial charge in [-0.1, -0.05) is 111 Å². The van der Waals surface area contributed by atoms with Gasteiger partial charge in [-0.15, -0.1) is 0 Å². The third-order valence-electron chi connectivity index (χ3n) is 7.45. The number of esters is 3. The van der Waals surface area contributed by atoms with Crippen molar-refractivity contribution >= 4 is 40.1 Å². The standard InChI is InChI=1S/C14H22O3Si.C10H12O4.C10H10O3.C7H9F9Si.Cs.FH/c1-14(2,17-18(3,4)5)13(15)16-11-12-9-7-6-8-10-12;1-10(12,13)9(11)14-7-8-5-3-2-4-6-8;1-8(11)10(12)13-7-9-5-3-2-4-6-9;1-17(2,3)7(15,16)5(10,11)4(8,9)6(12,13)14;;/h6-10H,11H2,1-5H3;2-6,12-13H,7H2,1H3;2-6H,7H2,1H3;1-3H3;;1H/q;;;;+1;/p-1. The van der Waals surface area contributed by atoms with Crippen molar-refractivity contribution in [3.05, 3.63) is 108 Å². The van der Waals surface area contributed by atoms with Crippen molar-refractivity contribution in [3.63, 3.8) is 0 Å². The second kappa shape index (κ2) is 27.3. The Morgan fingerprint density at radius 1 is 0.547 bits per heavy atom. The summed E-state index contributed by atoms with van der Waals surface area (Å²) in [4.78, 5) is 44.1. The van der Waals surface area contributed by atoms with E-state index in [1.807, 2.05) is 66.7 Å². The Morgan fingerprint density at radius 3 is 1.12 bits per heavy atom. The molecule has 23 heteroatoms. The van der Waals surface area contributed by atoms with Crippen LogP contribution >= 0.6 is 0 Å². The number of carbonyl (C=O) groups excluding carboxylic acids is 4. The molecule has 3 rings (SSSR count). The summed E-state index contributed by atoms with van der Waals surface area (Å²) in [6.45, 7) is 14.0. The summed E-state index contributed by atoms with van der Waals surface area (Å²) in [7, 11) is -6.04. The van der Waals surface area contributed by atoms with Crippen molar-refractivity contribution in [1.29, 1.82) is 0 Å². The fourth-order valence-corrected chi connectivity index (χ4v) is 6.95. The molecule has 0 amide bonds. The van der Waals surface area contributed by atoms with Crippen molar-refractivity contribution in [2.45, 2.75) is 122 Å². The van der Waals surface area contributed by atoms with E-state index in [1.54, 1.807) is 38.1 Å². The van der Waals surface area contributed by atoms with Crippen molar-refractivity contribution in [3.8, 4) is 0 Å². The van der Waals surface area contributed by atoms with E-state index < -0.39 is 69.1 Å². The van der Waals surface area contributed by atoms with E-state index in [2.05, 4.69) is 24.4 Å². The zero-order valence-corrected chi connectivity index (χ0v) is 45.5. The normalized spacial score (nSPS) is 12.1. The molecule has 0 unspecified atom stereocenters. The molecule has 0 aliphatic rings. The molecule has 0 saturated carbocycles. The van der Waals surface area contributed by atoms with Crippen LogP contribution in [-0.4, -0.2) is 85.3 Å². The number of halogens is 10. The van der Waals surface area contributed by atoms with E-state index in [-0.39, 0.29) is 99.4 Å². The number of ketones is 1. The molecule has 0 radical (unpaired) electrons. The van der Waals surface area contributed by atoms with E-state index in [1.165, 1.54) is 6.92 Å². The van der Waals surface area contributed by atoms with E-state index in [0.717, 1.165) is 23.6 Å². The fraction of sp³-hybridized carbons (Fsp3) is 0.463. The van der Waals surface area contributed by atoms with Crippen LogP contribution in [0.2, 0.25) is 39.3 Å². The Morgan fingerprint density at radius 2 is 0.859 bits per heavy atom. The van der Waals surface area contributed by atoms with E-state index in [9.17, 15) is 58.7 Å². The van der Waals surface area contributed by atoms with Gasteiger partial charge < -0.3 is 33.6 Å². The van der Waals surface area contributed by atoms with Crippen molar-refractivity contribution < 1.29 is 161 Å². The largest absolute Gasteiger partial charge is 1.00 e. The predicted octanol–water partition coefficient (Wildman–Crippen LogP) is 3.45. The second-order valence-corrected chi connectivity index (χ2v) is 25.5. The quantitative estimate of drug-likeness (QED) is 0.0616. The SMILES string of the molecule is CC(=O)C(=O)OCc1ccccc1.CC(C)(O[Si](C)(C)C)C(=O)OCc1ccccc1.CC(O)(O)C(=O)OCc1ccccc1.C[Si](C)(C)C(F)(F)C(F)(F)C(F)(F)C(F)(F)F.[Cs+].[F-]. The minimum Gasteiger partial charge on any atom is -1.00 e. The Balaban J connectivity index is -0.000000773. The molecule has 0 saturated heterocycles. The van der Waals surface area contributed by atoms with Crippen molar-refractivity contribution in [1.82, 2.24) is 0 Å². The van der Waals surface area contributed by atoms with Crippen LogP contribution in [0.1, 0.15) is 44.4 Å². The zero-order valence-electron chi connectivity index (χ0n) is 37.2. The number of Topliss-reactive ketones (excluding diaryl/α,β-unsaturated/α-hetero) is 1. The van der Waals surface area contributed by atoms with E-state index in [0.29, 0.717) is 19.6 Å². The zero-order chi connectivity index (χ0) is 48.6. The first-order valence-corrected chi connectivity index (χ1v) is 25.3. The molecule has 64 heavy (non-hydrogen) atoms. The van der Waals surface area contributed by atoms with Gasteiger partial charge in [-0.2, -0.15) is 30.7 Å². The van der Waals surface area contributed by atoms with Gasteiger partial charge >= 0.3 is 105 Å². The third-order valence-corrected chi connectivity index (χ3v) is 10.8. The molecule has 0 aliphatic carbocycles. The maximum atomic E-state index is 13.1. The smallest absolute Gasteiger partial charge is 1.00 e. The summed E-state index contributed by atoms with van der Waals surface area (Å²) < 4.78 is 132. The average molecular weight is 1080 g/mol. The summed E-state index contributed by atoms with van der Waals surface area (Å²) in [5, 5.41) is 17.7. The molecular formula is C41H53CsF10O10Si2. The number of hydrogen-bond donors (Lipinski definition) is 2. The summed E-state index contributed by atoms with van der Waals surface area (Å²) in [6, 6.07) is 27.9. The van der Waals surface area contributed by atoms with Gasteiger partial charge in [0.05, 0.1) is 0 Å². The third kappa shape index (κ3) is 22.7. The number of ether oxygens (including phenoxy) is 3. The van der Waals surface area contributed by atoms with Crippen LogP contribution < -0.4 is 73.6 Å². The van der Waals surface area contributed by atoms with Gasteiger partial charge in [0.2, 0.25) is 5.78 Å². The van der Waals surface area contributed by atoms with Crippen LogP contribution in [0.25, 0.3) is 0 Å². The molecule has 2 N–H and O–H groups in total. The van der Waals surface area contributed by atoms with Gasteiger partial charge in [-0.25, -0.2) is 23.2 Å². The van der Waals surface area contributed by atoms with Gasteiger partial charge in [0.1, 0.15) is 33.5 Å². The molecule has 0 fully saturated rings. The molecule has 0 atom stereocenters. The van der Waals surface area contributed by atoms with E-state index in [4.69, 9.17) is 24.1 Å². The molecule has 0 bridgehead atoms. The summed E-state index contributed by atoms with van der Waals surface area (Å²) >= 11 is 0. The number of benzene rings is 3.